The second-order valence-electron chi connectivity index (χ2n) is 7.84. The van der Waals surface area contributed by atoms with Gasteiger partial charge in [0.05, 0.1) is 23.7 Å². The number of hydrogen-bond donors (Lipinski definition) is 0. The van der Waals surface area contributed by atoms with Crippen LogP contribution in [0.25, 0.3) is 0 Å². The van der Waals surface area contributed by atoms with Crippen molar-refractivity contribution >= 4 is 11.8 Å². The van der Waals surface area contributed by atoms with Gasteiger partial charge in [0.1, 0.15) is 17.6 Å². The van der Waals surface area contributed by atoms with E-state index < -0.39 is 29.4 Å². The van der Waals surface area contributed by atoms with E-state index in [0.717, 1.165) is 6.07 Å². The number of alkyl halides is 1. The van der Waals surface area contributed by atoms with Gasteiger partial charge in [-0.15, -0.1) is 0 Å². The zero-order valence-corrected chi connectivity index (χ0v) is 16.9. The van der Waals surface area contributed by atoms with Crippen LogP contribution < -0.4 is 5.56 Å². The molecule has 0 unspecified atom stereocenters. The summed E-state index contributed by atoms with van der Waals surface area (Å²) in [5.41, 5.74) is 0.716. The Morgan fingerprint density at radius 2 is 1.97 bits per heavy atom. The molecule has 2 amide bonds. The number of aryl methyl sites for hydroxylation is 1. The number of carbonyl (C=O) groups excluding carboxylic acids is 2. The molecule has 31 heavy (non-hydrogen) atoms. The van der Waals surface area contributed by atoms with Crippen LogP contribution in [0, 0.1) is 17.1 Å². The summed E-state index contributed by atoms with van der Waals surface area (Å²) in [6, 6.07) is 5.50. The molecule has 9 heteroatoms. The first kappa shape index (κ1) is 20.7. The van der Waals surface area contributed by atoms with Crippen LogP contribution in [0.1, 0.15) is 43.8 Å². The highest BCUT2D eigenvalue weighted by Crippen LogP contribution is 2.25. The van der Waals surface area contributed by atoms with Gasteiger partial charge in [-0.2, -0.15) is 5.26 Å². The smallest absolute Gasteiger partial charge is 0.263 e. The maximum absolute atomic E-state index is 14.3. The van der Waals surface area contributed by atoms with Gasteiger partial charge in [0.2, 0.25) is 0 Å². The summed E-state index contributed by atoms with van der Waals surface area (Å²) >= 11 is 0. The Hall–Kier alpha value is -3.54. The van der Waals surface area contributed by atoms with Crippen LogP contribution in [0.5, 0.6) is 0 Å². The molecule has 1 saturated heterocycles. The monoisotopic (exact) mass is 426 g/mol. The van der Waals surface area contributed by atoms with Crippen LogP contribution in [-0.4, -0.2) is 52.0 Å². The summed E-state index contributed by atoms with van der Waals surface area (Å²) < 4.78 is 29.2. The minimum atomic E-state index is -1.09. The van der Waals surface area contributed by atoms with Crippen molar-refractivity contribution in [1.82, 2.24) is 14.4 Å². The third-order valence-corrected chi connectivity index (χ3v) is 5.81. The van der Waals surface area contributed by atoms with Gasteiger partial charge in [-0.25, -0.2) is 8.78 Å². The number of carbonyl (C=O) groups is 2. The zero-order valence-electron chi connectivity index (χ0n) is 16.9. The number of likely N-dealkylation sites (tertiary alicyclic amines) is 1. The fourth-order valence-corrected chi connectivity index (χ4v) is 4.17. The van der Waals surface area contributed by atoms with E-state index in [2.05, 4.69) is 0 Å². The van der Waals surface area contributed by atoms with Gasteiger partial charge in [-0.3, -0.25) is 14.4 Å². The van der Waals surface area contributed by atoms with Gasteiger partial charge in [0, 0.05) is 32.9 Å². The van der Waals surface area contributed by atoms with E-state index in [1.807, 2.05) is 6.07 Å². The van der Waals surface area contributed by atoms with Gasteiger partial charge in [-0.1, -0.05) is 0 Å². The molecule has 0 bridgehead atoms. The van der Waals surface area contributed by atoms with E-state index in [9.17, 15) is 23.2 Å². The predicted octanol–water partition coefficient (Wildman–Crippen LogP) is 1.78. The van der Waals surface area contributed by atoms with Crippen molar-refractivity contribution in [3.8, 4) is 6.07 Å². The molecule has 4 rings (SSSR count). The van der Waals surface area contributed by atoms with Crippen LogP contribution in [0.4, 0.5) is 8.78 Å². The highest BCUT2D eigenvalue weighted by molar-refractivity contribution is 5.97. The van der Waals surface area contributed by atoms with Gasteiger partial charge in [-0.05, 0) is 42.2 Å². The summed E-state index contributed by atoms with van der Waals surface area (Å²) in [4.78, 5) is 41.4. The molecule has 1 atom stereocenters. The molecular formula is C22H20F2N4O3. The molecule has 1 aromatic heterocycles. The quantitative estimate of drug-likeness (QED) is 0.733. The zero-order chi connectivity index (χ0) is 22.3. The molecule has 2 aromatic rings. The van der Waals surface area contributed by atoms with Crippen molar-refractivity contribution in [2.45, 2.75) is 25.6 Å². The van der Waals surface area contributed by atoms with Gasteiger partial charge >= 0.3 is 0 Å². The average molecular weight is 426 g/mol. The van der Waals surface area contributed by atoms with Gasteiger partial charge in [0.25, 0.3) is 17.4 Å². The number of nitriles is 1. The van der Waals surface area contributed by atoms with E-state index >= 15 is 0 Å². The Bertz CT molecular complexity index is 1180. The number of fused-ring (bicyclic) bond motifs is 1. The fraction of sp³-hybridized carbons (Fsp3) is 0.364. The highest BCUT2D eigenvalue weighted by Gasteiger charge is 2.33. The van der Waals surface area contributed by atoms with Crippen LogP contribution in [0.3, 0.4) is 0 Å². The summed E-state index contributed by atoms with van der Waals surface area (Å²) in [5.74, 6) is -1.80. The molecule has 0 saturated carbocycles. The number of nitrogens with zero attached hydrogens (tertiary/aromatic N) is 4. The lowest BCUT2D eigenvalue weighted by Crippen LogP contribution is -2.42. The topological polar surface area (TPSA) is 86.4 Å². The van der Waals surface area contributed by atoms with Gasteiger partial charge < -0.3 is 14.4 Å². The summed E-state index contributed by atoms with van der Waals surface area (Å²) in [7, 11) is 1.52. The fourth-order valence-electron chi connectivity index (χ4n) is 4.17. The Kier molecular flexibility index (Phi) is 5.31. The molecule has 2 aliphatic heterocycles. The lowest BCUT2D eigenvalue weighted by Gasteiger charge is -2.31. The van der Waals surface area contributed by atoms with Gasteiger partial charge in [0.15, 0.2) is 0 Å². The molecule has 7 nitrogen and oxygen atoms in total. The number of amides is 2. The number of benzene rings is 1. The van der Waals surface area contributed by atoms with Crippen LogP contribution in [0.2, 0.25) is 0 Å². The van der Waals surface area contributed by atoms with E-state index in [1.165, 1.54) is 33.5 Å². The third kappa shape index (κ3) is 3.69. The van der Waals surface area contributed by atoms with Crippen molar-refractivity contribution in [2.75, 3.05) is 19.6 Å². The van der Waals surface area contributed by atoms with E-state index in [4.69, 9.17) is 5.26 Å². The lowest BCUT2D eigenvalue weighted by atomic mass is 9.95. The molecule has 1 fully saturated rings. The number of hydrogen-bond acceptors (Lipinski definition) is 4. The first-order valence-corrected chi connectivity index (χ1v) is 9.93. The lowest BCUT2D eigenvalue weighted by molar-refractivity contribution is 0.0728. The Morgan fingerprint density at radius 3 is 2.61 bits per heavy atom. The predicted molar refractivity (Wildman–Crippen MR) is 107 cm³/mol. The Labute approximate surface area is 177 Å². The Morgan fingerprint density at radius 1 is 1.19 bits per heavy atom. The Balaban J connectivity index is 1.65. The van der Waals surface area contributed by atoms with Crippen molar-refractivity contribution in [3.05, 3.63) is 68.4 Å². The highest BCUT2D eigenvalue weighted by atomic mass is 19.1. The SMILES string of the molecule is Cn1cc2c(c(C(=O)N3CC[C@@H](F)C3)c1=O)CCN(C(=O)c1ccc(C#N)cc1F)C2. The molecule has 2 aliphatic rings. The summed E-state index contributed by atoms with van der Waals surface area (Å²) in [6.45, 7) is 0.530. The number of rotatable bonds is 2. The maximum Gasteiger partial charge on any atom is 0.263 e. The summed E-state index contributed by atoms with van der Waals surface area (Å²) in [5, 5.41) is 8.87. The number of pyridine rings is 1. The normalized spacial score (nSPS) is 17.9. The van der Waals surface area contributed by atoms with Crippen LogP contribution in [0.15, 0.2) is 29.2 Å². The molecule has 0 radical (unpaired) electrons. The summed E-state index contributed by atoms with van der Waals surface area (Å²) in [6.07, 6.45) is 0.982. The molecule has 160 valence electrons. The van der Waals surface area contributed by atoms with E-state index in [1.54, 1.807) is 6.20 Å². The second-order valence-corrected chi connectivity index (χ2v) is 7.84. The third-order valence-electron chi connectivity index (χ3n) is 5.81. The largest absolute Gasteiger partial charge is 0.335 e. The number of halogens is 2. The molecule has 0 N–H and O–H groups in total. The van der Waals surface area contributed by atoms with Crippen molar-refractivity contribution in [2.24, 2.45) is 7.05 Å². The van der Waals surface area contributed by atoms with E-state index in [-0.39, 0.29) is 55.7 Å². The minimum Gasteiger partial charge on any atom is -0.335 e. The first-order chi connectivity index (χ1) is 14.8. The van der Waals surface area contributed by atoms with Crippen molar-refractivity contribution < 1.29 is 18.4 Å². The van der Waals surface area contributed by atoms with Crippen molar-refractivity contribution in [3.63, 3.8) is 0 Å². The molecular weight excluding hydrogens is 406 g/mol. The number of aromatic nitrogens is 1. The molecule has 1 aromatic carbocycles. The molecule has 0 spiro atoms. The second kappa shape index (κ2) is 7.95. The van der Waals surface area contributed by atoms with Crippen molar-refractivity contribution in [1.29, 1.82) is 5.26 Å². The molecule has 3 heterocycles. The minimum absolute atomic E-state index is 0.0192. The van der Waals surface area contributed by atoms with Crippen LogP contribution in [-0.2, 0) is 20.0 Å². The van der Waals surface area contributed by atoms with E-state index in [0.29, 0.717) is 11.1 Å². The van der Waals surface area contributed by atoms with Crippen LogP contribution >= 0.6 is 0 Å². The maximum atomic E-state index is 14.3. The first-order valence-electron chi connectivity index (χ1n) is 9.93. The average Bonchev–Trinajstić information content (AvgIpc) is 3.19. The standard InChI is InChI=1S/C22H20F2N4O3/c1-26-10-14-11-27(20(29)17-3-2-13(9-25)8-18(17)24)7-5-16(14)19(21(26)30)22(31)28-6-4-15(23)12-28/h2-3,8,10,15H,4-7,11-12H2,1H3/t15-/m1/s1. The molecule has 0 aliphatic carbocycles.